The first-order valence-electron chi connectivity index (χ1n) is 11.6. The summed E-state index contributed by atoms with van der Waals surface area (Å²) in [5.74, 6) is 2.09. The Labute approximate surface area is 197 Å². The second-order valence-corrected chi connectivity index (χ2v) is 8.69. The number of methoxy groups -OCH3 is 1. The first-order valence-corrected chi connectivity index (χ1v) is 11.6. The fraction of sp³-hybridized carbons (Fsp3) is 0.400. The standard InChI is InChI=1S/C25H27N5O4/c1-33-25(32)19-8-6-18(7-9-19)24(31)30-14-12-29(13-15-30)21-11-10-20(16-26-21)22-27-23(34-28-22)17-4-2-3-5-17/h6-11,16-17H,2-5,12-15H2,1H3. The van der Waals surface area contributed by atoms with Crippen molar-refractivity contribution < 1.29 is 18.8 Å². The van der Waals surface area contributed by atoms with Gasteiger partial charge in [0.25, 0.3) is 5.91 Å². The van der Waals surface area contributed by atoms with E-state index in [-0.39, 0.29) is 5.91 Å². The van der Waals surface area contributed by atoms with Crippen molar-refractivity contribution in [1.82, 2.24) is 20.0 Å². The Balaban J connectivity index is 1.18. The molecular formula is C25H27N5O4. The van der Waals surface area contributed by atoms with Crippen LogP contribution in [0, 0.1) is 0 Å². The maximum atomic E-state index is 12.8. The molecule has 0 radical (unpaired) electrons. The van der Waals surface area contributed by atoms with Gasteiger partial charge in [0, 0.05) is 49.4 Å². The van der Waals surface area contributed by atoms with Gasteiger partial charge in [0.05, 0.1) is 12.7 Å². The van der Waals surface area contributed by atoms with Gasteiger partial charge >= 0.3 is 5.97 Å². The molecule has 0 unspecified atom stereocenters. The number of carbonyl (C=O) groups excluding carboxylic acids is 2. The van der Waals surface area contributed by atoms with Gasteiger partial charge in [0.1, 0.15) is 5.82 Å². The van der Waals surface area contributed by atoms with Crippen molar-refractivity contribution in [2.24, 2.45) is 0 Å². The minimum Gasteiger partial charge on any atom is -0.465 e. The summed E-state index contributed by atoms with van der Waals surface area (Å²) in [6, 6.07) is 10.5. The molecule has 0 bridgehead atoms. The number of benzene rings is 1. The number of carbonyl (C=O) groups is 2. The third-order valence-electron chi connectivity index (χ3n) is 6.60. The highest BCUT2D eigenvalue weighted by molar-refractivity contribution is 5.96. The number of hydrogen-bond donors (Lipinski definition) is 0. The van der Waals surface area contributed by atoms with Gasteiger partial charge in [-0.1, -0.05) is 18.0 Å². The Kier molecular flexibility index (Phi) is 6.24. The van der Waals surface area contributed by atoms with E-state index in [1.807, 2.05) is 17.0 Å². The molecule has 3 aromatic rings. The summed E-state index contributed by atoms with van der Waals surface area (Å²) in [5, 5.41) is 4.14. The number of ether oxygens (including phenoxy) is 1. The summed E-state index contributed by atoms with van der Waals surface area (Å²) < 4.78 is 10.2. The smallest absolute Gasteiger partial charge is 0.337 e. The molecular weight excluding hydrogens is 434 g/mol. The van der Waals surface area contributed by atoms with E-state index < -0.39 is 5.97 Å². The number of piperazine rings is 1. The Bertz CT molecular complexity index is 1140. The van der Waals surface area contributed by atoms with Crippen molar-refractivity contribution in [3.63, 3.8) is 0 Å². The van der Waals surface area contributed by atoms with Crippen molar-refractivity contribution in [1.29, 1.82) is 0 Å². The first kappa shape index (κ1) is 22.1. The van der Waals surface area contributed by atoms with Gasteiger partial charge in [0.2, 0.25) is 11.7 Å². The minimum absolute atomic E-state index is 0.0467. The molecule has 5 rings (SSSR count). The SMILES string of the molecule is COC(=O)c1ccc(C(=O)N2CCN(c3ccc(-c4noc(C5CCCC5)n4)cn3)CC2)cc1. The molecule has 3 heterocycles. The average Bonchev–Trinajstić information content (AvgIpc) is 3.61. The van der Waals surface area contributed by atoms with E-state index in [4.69, 9.17) is 9.26 Å². The molecule has 0 spiro atoms. The van der Waals surface area contributed by atoms with Gasteiger partial charge in [-0.2, -0.15) is 4.98 Å². The highest BCUT2D eigenvalue weighted by atomic mass is 16.5. The summed E-state index contributed by atoms with van der Waals surface area (Å²) in [7, 11) is 1.33. The maximum absolute atomic E-state index is 12.8. The Morgan fingerprint density at radius 2 is 1.68 bits per heavy atom. The Hall–Kier alpha value is -3.75. The molecule has 9 nitrogen and oxygen atoms in total. The lowest BCUT2D eigenvalue weighted by Gasteiger charge is -2.35. The van der Waals surface area contributed by atoms with Crippen molar-refractivity contribution >= 4 is 17.7 Å². The summed E-state index contributed by atoms with van der Waals surface area (Å²) in [4.78, 5) is 37.6. The Morgan fingerprint density at radius 3 is 2.32 bits per heavy atom. The monoisotopic (exact) mass is 461 g/mol. The zero-order valence-corrected chi connectivity index (χ0v) is 19.1. The number of pyridine rings is 1. The van der Waals surface area contributed by atoms with Crippen LogP contribution in [0.15, 0.2) is 47.1 Å². The molecule has 0 N–H and O–H groups in total. The van der Waals surface area contributed by atoms with Crippen LogP contribution in [0.4, 0.5) is 5.82 Å². The van der Waals surface area contributed by atoms with E-state index in [1.165, 1.54) is 20.0 Å². The number of amides is 1. The van der Waals surface area contributed by atoms with E-state index in [0.29, 0.717) is 49.0 Å². The van der Waals surface area contributed by atoms with Crippen LogP contribution in [0.25, 0.3) is 11.4 Å². The lowest BCUT2D eigenvalue weighted by Crippen LogP contribution is -2.49. The fourth-order valence-corrected chi connectivity index (χ4v) is 4.58. The summed E-state index contributed by atoms with van der Waals surface area (Å²) in [6.07, 6.45) is 6.45. The van der Waals surface area contributed by atoms with Crippen LogP contribution in [0.3, 0.4) is 0 Å². The molecule has 1 aromatic carbocycles. The number of rotatable bonds is 5. The first-order chi connectivity index (χ1) is 16.6. The summed E-state index contributed by atoms with van der Waals surface area (Å²) in [6.45, 7) is 2.56. The third kappa shape index (κ3) is 4.50. The minimum atomic E-state index is -0.417. The molecule has 2 aliphatic rings. The lowest BCUT2D eigenvalue weighted by molar-refractivity contribution is 0.0599. The second kappa shape index (κ2) is 9.62. The molecule has 1 saturated heterocycles. The molecule has 1 saturated carbocycles. The number of hydrogen-bond acceptors (Lipinski definition) is 8. The van der Waals surface area contributed by atoms with Crippen molar-refractivity contribution in [3.05, 3.63) is 59.6 Å². The fourth-order valence-electron chi connectivity index (χ4n) is 4.58. The van der Waals surface area contributed by atoms with Crippen molar-refractivity contribution in [3.8, 4) is 11.4 Å². The number of anilines is 1. The van der Waals surface area contributed by atoms with Crippen molar-refractivity contribution in [2.45, 2.75) is 31.6 Å². The van der Waals surface area contributed by atoms with Crippen LogP contribution in [-0.2, 0) is 4.74 Å². The number of nitrogens with zero attached hydrogens (tertiary/aromatic N) is 5. The molecule has 2 fully saturated rings. The largest absolute Gasteiger partial charge is 0.465 e. The normalized spacial score (nSPS) is 16.6. The van der Waals surface area contributed by atoms with Gasteiger partial charge in [-0.05, 0) is 49.2 Å². The molecule has 34 heavy (non-hydrogen) atoms. The van der Waals surface area contributed by atoms with Crippen LogP contribution in [0.1, 0.15) is 58.2 Å². The second-order valence-electron chi connectivity index (χ2n) is 8.69. The Morgan fingerprint density at radius 1 is 0.971 bits per heavy atom. The van der Waals surface area contributed by atoms with E-state index in [0.717, 1.165) is 30.1 Å². The summed E-state index contributed by atoms with van der Waals surface area (Å²) >= 11 is 0. The maximum Gasteiger partial charge on any atom is 0.337 e. The topological polar surface area (TPSA) is 102 Å². The highest BCUT2D eigenvalue weighted by Gasteiger charge is 2.25. The van der Waals surface area contributed by atoms with E-state index in [9.17, 15) is 9.59 Å². The molecule has 176 valence electrons. The molecule has 0 atom stereocenters. The van der Waals surface area contributed by atoms with E-state index in [2.05, 4.69) is 20.0 Å². The predicted octanol–water partition coefficient (Wildman–Crippen LogP) is 3.54. The van der Waals surface area contributed by atoms with Crippen LogP contribution in [0.5, 0.6) is 0 Å². The number of aromatic nitrogens is 3. The zero-order chi connectivity index (χ0) is 23.5. The molecule has 9 heteroatoms. The lowest BCUT2D eigenvalue weighted by atomic mass is 10.1. The van der Waals surface area contributed by atoms with E-state index >= 15 is 0 Å². The molecule has 2 aromatic heterocycles. The highest BCUT2D eigenvalue weighted by Crippen LogP contribution is 2.34. The number of esters is 1. The van der Waals surface area contributed by atoms with Gasteiger partial charge in [-0.15, -0.1) is 0 Å². The zero-order valence-electron chi connectivity index (χ0n) is 19.1. The van der Waals surface area contributed by atoms with Crippen LogP contribution >= 0.6 is 0 Å². The molecule has 1 aliphatic heterocycles. The van der Waals surface area contributed by atoms with E-state index in [1.54, 1.807) is 30.5 Å². The van der Waals surface area contributed by atoms with Crippen LogP contribution in [0.2, 0.25) is 0 Å². The van der Waals surface area contributed by atoms with Crippen molar-refractivity contribution in [2.75, 3.05) is 38.2 Å². The molecule has 1 amide bonds. The molecule has 1 aliphatic carbocycles. The third-order valence-corrected chi connectivity index (χ3v) is 6.60. The van der Waals surface area contributed by atoms with Crippen LogP contribution < -0.4 is 4.90 Å². The van der Waals surface area contributed by atoms with Gasteiger partial charge < -0.3 is 19.1 Å². The van der Waals surface area contributed by atoms with Gasteiger partial charge in [-0.3, -0.25) is 4.79 Å². The quantitative estimate of drug-likeness (QED) is 0.532. The predicted molar refractivity (Wildman–Crippen MR) is 125 cm³/mol. The van der Waals surface area contributed by atoms with Gasteiger partial charge in [0.15, 0.2) is 0 Å². The summed E-state index contributed by atoms with van der Waals surface area (Å²) in [5.41, 5.74) is 1.82. The average molecular weight is 462 g/mol. The van der Waals surface area contributed by atoms with Crippen LogP contribution in [-0.4, -0.2) is 65.2 Å². The van der Waals surface area contributed by atoms with Gasteiger partial charge in [-0.25, -0.2) is 9.78 Å².